The van der Waals surface area contributed by atoms with E-state index >= 15 is 0 Å². The lowest BCUT2D eigenvalue weighted by Crippen LogP contribution is -2.25. The van der Waals surface area contributed by atoms with Crippen LogP contribution in [-0.4, -0.2) is 16.7 Å². The van der Waals surface area contributed by atoms with Gasteiger partial charge in [0.2, 0.25) is 0 Å². The minimum Gasteiger partial charge on any atom is -0.455 e. The Balaban J connectivity index is 1.53. The topological polar surface area (TPSA) is 59.3 Å². The smallest absolute Gasteiger partial charge is 0.287 e. The molecule has 130 valence electrons. The van der Waals surface area contributed by atoms with Crippen LogP contribution in [0.15, 0.2) is 67.7 Å². The van der Waals surface area contributed by atoms with E-state index in [1.807, 2.05) is 29.6 Å². The molecule has 0 fully saturated rings. The van der Waals surface area contributed by atoms with Gasteiger partial charge in [-0.05, 0) is 54.3 Å². The van der Waals surface area contributed by atoms with Gasteiger partial charge in [-0.25, -0.2) is 0 Å². The Morgan fingerprint density at radius 3 is 2.68 bits per heavy atom. The minimum atomic E-state index is -1.21. The molecule has 1 atom stereocenters. The van der Waals surface area contributed by atoms with Crippen LogP contribution in [0, 0.1) is 0 Å². The van der Waals surface area contributed by atoms with Gasteiger partial charge in [-0.3, -0.25) is 9.00 Å². The van der Waals surface area contributed by atoms with Crippen LogP contribution in [0.1, 0.15) is 21.2 Å². The average Bonchev–Trinajstić information content (AvgIpc) is 3.27. The molecule has 25 heavy (non-hydrogen) atoms. The molecule has 1 N–H and O–H groups in total. The van der Waals surface area contributed by atoms with Crippen LogP contribution in [0.25, 0.3) is 0 Å². The molecule has 2 aromatic heterocycles. The lowest BCUT2D eigenvalue weighted by molar-refractivity contribution is 0.0925. The van der Waals surface area contributed by atoms with Crippen molar-refractivity contribution in [2.24, 2.45) is 0 Å². The molecule has 1 aromatic carbocycles. The Kier molecular flexibility index (Phi) is 6.23. The van der Waals surface area contributed by atoms with Crippen molar-refractivity contribution in [3.8, 4) is 0 Å². The van der Waals surface area contributed by atoms with Crippen molar-refractivity contribution in [3.05, 3.63) is 74.8 Å². The highest BCUT2D eigenvalue weighted by molar-refractivity contribution is 9.10. The highest BCUT2D eigenvalue weighted by Gasteiger charge is 2.13. The largest absolute Gasteiger partial charge is 0.455 e. The molecule has 1 unspecified atom stereocenters. The monoisotopic (exact) mass is 437 g/mol. The lowest BCUT2D eigenvalue weighted by Gasteiger charge is -2.02. The van der Waals surface area contributed by atoms with Crippen LogP contribution in [0.2, 0.25) is 0 Å². The fraction of sp³-hybridized carbons (Fsp3) is 0.167. The quantitative estimate of drug-likeness (QED) is 0.596. The Morgan fingerprint density at radius 2 is 1.96 bits per heavy atom. The minimum absolute atomic E-state index is 0.240. The zero-order valence-corrected chi connectivity index (χ0v) is 16.5. The molecule has 0 aliphatic carbocycles. The van der Waals surface area contributed by atoms with Crippen LogP contribution in [-0.2, 0) is 23.0 Å². The third-order valence-electron chi connectivity index (χ3n) is 3.47. The molecule has 0 spiro atoms. The van der Waals surface area contributed by atoms with Gasteiger partial charge in [-0.1, -0.05) is 22.0 Å². The zero-order chi connectivity index (χ0) is 17.6. The van der Waals surface area contributed by atoms with Gasteiger partial charge in [0.15, 0.2) is 5.76 Å². The van der Waals surface area contributed by atoms with E-state index in [0.717, 1.165) is 15.8 Å². The van der Waals surface area contributed by atoms with Crippen molar-refractivity contribution < 1.29 is 13.4 Å². The van der Waals surface area contributed by atoms with Gasteiger partial charge < -0.3 is 9.73 Å². The van der Waals surface area contributed by atoms with Crippen molar-refractivity contribution in [2.75, 3.05) is 6.54 Å². The molecular weight excluding hydrogens is 422 g/mol. The van der Waals surface area contributed by atoms with E-state index < -0.39 is 10.8 Å². The fourth-order valence-electron chi connectivity index (χ4n) is 2.22. The molecule has 0 bridgehead atoms. The first-order valence-electron chi connectivity index (χ1n) is 7.65. The van der Waals surface area contributed by atoms with E-state index in [1.54, 1.807) is 35.6 Å². The van der Waals surface area contributed by atoms with E-state index in [9.17, 15) is 9.00 Å². The molecule has 0 saturated carbocycles. The number of benzene rings is 1. The predicted molar refractivity (Wildman–Crippen MR) is 103 cm³/mol. The highest BCUT2D eigenvalue weighted by Crippen LogP contribution is 2.18. The molecule has 0 aliphatic rings. The molecule has 7 heteroatoms. The number of hydrogen-bond acceptors (Lipinski definition) is 4. The van der Waals surface area contributed by atoms with Crippen LogP contribution in [0.3, 0.4) is 0 Å². The van der Waals surface area contributed by atoms with Crippen LogP contribution < -0.4 is 5.32 Å². The van der Waals surface area contributed by atoms with Gasteiger partial charge in [-0.2, -0.15) is 0 Å². The first kappa shape index (κ1) is 18.1. The molecule has 1 amide bonds. The number of carbonyl (C=O) groups is 1. The first-order chi connectivity index (χ1) is 12.1. The van der Waals surface area contributed by atoms with Gasteiger partial charge >= 0.3 is 0 Å². The third kappa shape index (κ3) is 5.14. The summed E-state index contributed by atoms with van der Waals surface area (Å²) in [4.78, 5) is 14.0. The molecule has 3 aromatic rings. The van der Waals surface area contributed by atoms with Crippen molar-refractivity contribution in [3.63, 3.8) is 0 Å². The number of nitrogens with one attached hydrogen (secondary N) is 1. The fourth-order valence-corrected chi connectivity index (χ4v) is 4.21. The Morgan fingerprint density at radius 1 is 1.16 bits per heavy atom. The molecule has 3 rings (SSSR count). The van der Waals surface area contributed by atoms with Gasteiger partial charge in [-0.15, -0.1) is 11.3 Å². The highest BCUT2D eigenvalue weighted by atomic mass is 79.9. The second kappa shape index (κ2) is 8.60. The van der Waals surface area contributed by atoms with Crippen molar-refractivity contribution in [1.29, 1.82) is 0 Å². The SMILES string of the molecule is O=C(NCCc1cccs1)c1ccc(CS(=O)c2ccc(Br)cc2)o1. The normalized spacial score (nSPS) is 12.0. The van der Waals surface area contributed by atoms with Crippen molar-refractivity contribution in [1.82, 2.24) is 5.32 Å². The van der Waals surface area contributed by atoms with Crippen LogP contribution in [0.5, 0.6) is 0 Å². The van der Waals surface area contributed by atoms with Crippen LogP contribution in [0.4, 0.5) is 0 Å². The summed E-state index contributed by atoms with van der Waals surface area (Å²) in [5.74, 6) is 0.764. The third-order valence-corrected chi connectivity index (χ3v) is 6.28. The maximum absolute atomic E-state index is 12.3. The van der Waals surface area contributed by atoms with E-state index in [0.29, 0.717) is 12.3 Å². The molecule has 0 radical (unpaired) electrons. The number of hydrogen-bond donors (Lipinski definition) is 1. The summed E-state index contributed by atoms with van der Waals surface area (Å²) in [5, 5.41) is 4.85. The number of thiophene rings is 1. The van der Waals surface area contributed by atoms with E-state index in [1.165, 1.54) is 4.88 Å². The van der Waals surface area contributed by atoms with Gasteiger partial charge in [0.25, 0.3) is 5.91 Å². The Hall–Kier alpha value is -1.70. The number of carbonyl (C=O) groups excluding carboxylic acids is 1. The standard InChI is InChI=1S/C18H16BrNO3S2/c19-13-3-6-16(7-4-13)25(22)12-14-5-8-17(23-14)18(21)20-10-9-15-2-1-11-24-15/h1-8,11H,9-10,12H2,(H,20,21). The number of furan rings is 1. The summed E-state index contributed by atoms with van der Waals surface area (Å²) in [6.45, 7) is 0.556. The van der Waals surface area contributed by atoms with E-state index in [2.05, 4.69) is 21.2 Å². The predicted octanol–water partition coefficient (Wildman–Crippen LogP) is 4.38. The summed E-state index contributed by atoms with van der Waals surface area (Å²) in [6.07, 6.45) is 0.796. The lowest BCUT2D eigenvalue weighted by atomic mass is 10.3. The van der Waals surface area contributed by atoms with Crippen molar-refractivity contribution in [2.45, 2.75) is 17.1 Å². The Bertz CT molecular complexity index is 857. The average molecular weight is 438 g/mol. The molecular formula is C18H16BrNO3S2. The number of amides is 1. The van der Waals surface area contributed by atoms with E-state index in [4.69, 9.17) is 4.42 Å². The van der Waals surface area contributed by atoms with Gasteiger partial charge in [0.05, 0.1) is 16.6 Å². The van der Waals surface area contributed by atoms with Crippen LogP contribution >= 0.6 is 27.3 Å². The van der Waals surface area contributed by atoms with E-state index in [-0.39, 0.29) is 17.4 Å². The number of rotatable bonds is 7. The summed E-state index contributed by atoms with van der Waals surface area (Å²) in [6, 6.07) is 14.7. The number of halogens is 1. The molecule has 4 nitrogen and oxygen atoms in total. The molecule has 0 saturated heterocycles. The van der Waals surface area contributed by atoms with Gasteiger partial charge in [0.1, 0.15) is 5.76 Å². The van der Waals surface area contributed by atoms with Gasteiger partial charge in [0, 0.05) is 20.8 Å². The second-order valence-corrected chi connectivity index (χ2v) is 8.69. The summed E-state index contributed by atoms with van der Waals surface area (Å²) >= 11 is 5.02. The summed E-state index contributed by atoms with van der Waals surface area (Å²) < 4.78 is 18.8. The maximum atomic E-state index is 12.3. The first-order valence-corrected chi connectivity index (χ1v) is 10.6. The zero-order valence-electron chi connectivity index (χ0n) is 13.2. The van der Waals surface area contributed by atoms with Crippen molar-refractivity contribution >= 4 is 44.0 Å². The Labute approximate surface area is 160 Å². The molecule has 2 heterocycles. The second-order valence-electron chi connectivity index (χ2n) is 5.30. The summed E-state index contributed by atoms with van der Waals surface area (Å²) in [7, 11) is -1.21. The summed E-state index contributed by atoms with van der Waals surface area (Å²) in [5.41, 5.74) is 0. The molecule has 0 aliphatic heterocycles. The maximum Gasteiger partial charge on any atom is 0.287 e.